The molecule has 2 aromatic rings. The van der Waals surface area contributed by atoms with Crippen LogP contribution < -0.4 is 5.32 Å². The van der Waals surface area contributed by atoms with Crippen LogP contribution in [0, 0.1) is 0 Å². The molecule has 1 atom stereocenters. The van der Waals surface area contributed by atoms with Gasteiger partial charge in [-0.15, -0.1) is 11.3 Å². The third-order valence-electron chi connectivity index (χ3n) is 4.65. The minimum absolute atomic E-state index is 0.0938. The lowest BCUT2D eigenvalue weighted by atomic mass is 9.93. The van der Waals surface area contributed by atoms with Crippen molar-refractivity contribution in [3.63, 3.8) is 0 Å². The molecule has 0 bridgehead atoms. The highest BCUT2D eigenvalue weighted by molar-refractivity contribution is 7.10. The topological polar surface area (TPSA) is 36.9 Å². The molecule has 0 unspecified atom stereocenters. The van der Waals surface area contributed by atoms with Crippen molar-refractivity contribution >= 4 is 17.2 Å². The Morgan fingerprint density at radius 2 is 2.05 bits per heavy atom. The average molecular weight is 313 g/mol. The number of hydrogen-bond donors (Lipinski definition) is 1. The Kier molecular flexibility index (Phi) is 3.72. The largest absolute Gasteiger partial charge is 0.336 e. The zero-order chi connectivity index (χ0) is 14.9. The van der Waals surface area contributed by atoms with Crippen molar-refractivity contribution < 1.29 is 10.1 Å². The van der Waals surface area contributed by atoms with Gasteiger partial charge in [-0.05, 0) is 29.0 Å². The van der Waals surface area contributed by atoms with E-state index in [1.165, 1.54) is 28.8 Å². The summed E-state index contributed by atoms with van der Waals surface area (Å²) in [6, 6.07) is 13.4. The van der Waals surface area contributed by atoms with Gasteiger partial charge in [0.15, 0.2) is 6.54 Å². The first-order chi connectivity index (χ1) is 10.8. The molecule has 1 aliphatic carbocycles. The van der Waals surface area contributed by atoms with Crippen molar-refractivity contribution in [2.24, 2.45) is 0 Å². The number of hydrogen-bond acceptors (Lipinski definition) is 2. The van der Waals surface area contributed by atoms with Crippen LogP contribution in [0.1, 0.15) is 34.9 Å². The number of carbonyl (C=O) groups is 1. The maximum Gasteiger partial charge on any atom is 0.278 e. The molecule has 0 saturated heterocycles. The Morgan fingerprint density at radius 3 is 2.82 bits per heavy atom. The van der Waals surface area contributed by atoms with Crippen LogP contribution in [0.15, 0.2) is 41.8 Å². The van der Waals surface area contributed by atoms with E-state index in [0.717, 1.165) is 13.0 Å². The van der Waals surface area contributed by atoms with E-state index in [2.05, 4.69) is 45.9 Å². The number of fused-ring (bicyclic) bond motifs is 1. The van der Waals surface area contributed by atoms with E-state index in [9.17, 15) is 4.79 Å². The van der Waals surface area contributed by atoms with Gasteiger partial charge in [0.25, 0.3) is 5.91 Å². The van der Waals surface area contributed by atoms with Crippen LogP contribution in [-0.4, -0.2) is 29.9 Å². The standard InChI is InChI=1S/C18H20N2OS/c21-17(12-19-14-6-7-14)20-10-8-16-15(9-11-22-16)18(20)13-4-2-1-3-5-13/h1-5,9,11,14,18-19H,6-8,10,12H2/p+1/t18-/m1/s1. The van der Waals surface area contributed by atoms with Gasteiger partial charge < -0.3 is 10.2 Å². The summed E-state index contributed by atoms with van der Waals surface area (Å²) in [5, 5.41) is 4.37. The van der Waals surface area contributed by atoms with E-state index < -0.39 is 0 Å². The second kappa shape index (κ2) is 5.86. The summed E-state index contributed by atoms with van der Waals surface area (Å²) in [5.41, 5.74) is 2.55. The fourth-order valence-corrected chi connectivity index (χ4v) is 4.20. The molecule has 1 aromatic carbocycles. The number of benzene rings is 1. The molecule has 2 aliphatic rings. The van der Waals surface area contributed by atoms with Crippen LogP contribution in [-0.2, 0) is 11.2 Å². The summed E-state index contributed by atoms with van der Waals surface area (Å²) in [4.78, 5) is 16.3. The van der Waals surface area contributed by atoms with E-state index in [-0.39, 0.29) is 11.9 Å². The van der Waals surface area contributed by atoms with Crippen LogP contribution in [0.4, 0.5) is 0 Å². The van der Waals surface area contributed by atoms with Crippen molar-refractivity contribution in [1.29, 1.82) is 0 Å². The lowest BCUT2D eigenvalue weighted by Gasteiger charge is -2.36. The molecule has 2 heterocycles. The van der Waals surface area contributed by atoms with Crippen LogP contribution in [0.3, 0.4) is 0 Å². The molecule has 114 valence electrons. The molecule has 4 heteroatoms. The summed E-state index contributed by atoms with van der Waals surface area (Å²) in [6.07, 6.45) is 3.53. The van der Waals surface area contributed by atoms with Crippen molar-refractivity contribution in [2.45, 2.75) is 31.3 Å². The number of amides is 1. The van der Waals surface area contributed by atoms with E-state index in [1.807, 2.05) is 17.4 Å². The highest BCUT2D eigenvalue weighted by atomic mass is 32.1. The molecule has 1 fully saturated rings. The van der Waals surface area contributed by atoms with Gasteiger partial charge in [0, 0.05) is 24.3 Å². The SMILES string of the molecule is O=C(C[NH2+]C1CC1)N1CCc2sccc2[C@H]1c1ccccc1. The lowest BCUT2D eigenvalue weighted by Crippen LogP contribution is -2.88. The molecule has 1 aliphatic heterocycles. The fourth-order valence-electron chi connectivity index (χ4n) is 3.30. The zero-order valence-corrected chi connectivity index (χ0v) is 13.4. The first-order valence-electron chi connectivity index (χ1n) is 8.07. The molecule has 4 rings (SSSR count). The lowest BCUT2D eigenvalue weighted by molar-refractivity contribution is -0.658. The van der Waals surface area contributed by atoms with Crippen LogP contribution in [0.5, 0.6) is 0 Å². The van der Waals surface area contributed by atoms with Gasteiger partial charge in [-0.25, -0.2) is 0 Å². The molecule has 1 amide bonds. The predicted molar refractivity (Wildman–Crippen MR) is 87.8 cm³/mol. The quantitative estimate of drug-likeness (QED) is 0.920. The van der Waals surface area contributed by atoms with Crippen LogP contribution >= 0.6 is 11.3 Å². The second-order valence-corrected chi connectivity index (χ2v) is 7.23. The first-order valence-corrected chi connectivity index (χ1v) is 8.95. The molecule has 1 saturated carbocycles. The number of nitrogens with zero attached hydrogens (tertiary/aromatic N) is 1. The molecule has 2 N–H and O–H groups in total. The Morgan fingerprint density at radius 1 is 1.23 bits per heavy atom. The van der Waals surface area contributed by atoms with Gasteiger partial charge in [0.05, 0.1) is 12.1 Å². The van der Waals surface area contributed by atoms with E-state index in [0.29, 0.717) is 12.6 Å². The van der Waals surface area contributed by atoms with Crippen molar-refractivity contribution in [2.75, 3.05) is 13.1 Å². The third-order valence-corrected chi connectivity index (χ3v) is 5.65. The zero-order valence-electron chi connectivity index (χ0n) is 12.6. The van der Waals surface area contributed by atoms with Gasteiger partial charge in [-0.2, -0.15) is 0 Å². The number of nitrogens with two attached hydrogens (primary N) is 1. The van der Waals surface area contributed by atoms with Gasteiger partial charge in [-0.3, -0.25) is 4.79 Å². The van der Waals surface area contributed by atoms with Gasteiger partial charge in [0.1, 0.15) is 0 Å². The molecular formula is C18H21N2OS+. The Labute approximate surface area is 135 Å². The maximum atomic E-state index is 12.7. The smallest absolute Gasteiger partial charge is 0.278 e. The summed E-state index contributed by atoms with van der Waals surface area (Å²) in [7, 11) is 0. The minimum atomic E-state index is 0.0938. The van der Waals surface area contributed by atoms with Gasteiger partial charge >= 0.3 is 0 Å². The summed E-state index contributed by atoms with van der Waals surface area (Å²) < 4.78 is 0. The van der Waals surface area contributed by atoms with Crippen LogP contribution in [0.25, 0.3) is 0 Å². The number of rotatable bonds is 4. The monoisotopic (exact) mass is 313 g/mol. The molecule has 3 nitrogen and oxygen atoms in total. The highest BCUT2D eigenvalue weighted by Gasteiger charge is 2.34. The number of carbonyl (C=O) groups excluding carboxylic acids is 1. The Bertz CT molecular complexity index is 663. The average Bonchev–Trinajstić information content (AvgIpc) is 3.27. The fraction of sp³-hybridized carbons (Fsp3) is 0.389. The van der Waals surface area contributed by atoms with E-state index in [4.69, 9.17) is 0 Å². The Balaban J connectivity index is 1.63. The second-order valence-electron chi connectivity index (χ2n) is 6.23. The van der Waals surface area contributed by atoms with E-state index in [1.54, 1.807) is 0 Å². The molecule has 22 heavy (non-hydrogen) atoms. The summed E-state index contributed by atoms with van der Waals surface area (Å²) in [5.74, 6) is 0.276. The molecule has 0 radical (unpaired) electrons. The number of quaternary nitrogens is 1. The third kappa shape index (κ3) is 2.69. The molecule has 1 aromatic heterocycles. The normalized spacial score (nSPS) is 20.7. The van der Waals surface area contributed by atoms with Crippen molar-refractivity contribution in [3.8, 4) is 0 Å². The first kappa shape index (κ1) is 14.0. The highest BCUT2D eigenvalue weighted by Crippen LogP contribution is 2.37. The number of thiophene rings is 1. The maximum absolute atomic E-state index is 12.7. The molecule has 0 spiro atoms. The van der Waals surface area contributed by atoms with Crippen molar-refractivity contribution in [3.05, 3.63) is 57.8 Å². The van der Waals surface area contributed by atoms with Gasteiger partial charge in [0.2, 0.25) is 0 Å². The minimum Gasteiger partial charge on any atom is -0.336 e. The van der Waals surface area contributed by atoms with Gasteiger partial charge in [-0.1, -0.05) is 30.3 Å². The predicted octanol–water partition coefficient (Wildman–Crippen LogP) is 1.95. The van der Waals surface area contributed by atoms with Crippen molar-refractivity contribution in [1.82, 2.24) is 4.90 Å². The van der Waals surface area contributed by atoms with Crippen LogP contribution in [0.2, 0.25) is 0 Å². The summed E-state index contributed by atoms with van der Waals surface area (Å²) >= 11 is 1.82. The summed E-state index contributed by atoms with van der Waals surface area (Å²) in [6.45, 7) is 1.43. The molecular weight excluding hydrogens is 292 g/mol. The van der Waals surface area contributed by atoms with E-state index >= 15 is 0 Å². The Hall–Kier alpha value is -1.65.